The van der Waals surface area contributed by atoms with E-state index in [1.54, 1.807) is 0 Å². The number of hydrogen-bond acceptors (Lipinski definition) is 7. The van der Waals surface area contributed by atoms with Crippen molar-refractivity contribution in [3.8, 4) is 0 Å². The highest BCUT2D eigenvalue weighted by atomic mass is 28.4. The lowest BCUT2D eigenvalue weighted by Crippen LogP contribution is -2.65. The van der Waals surface area contributed by atoms with E-state index in [2.05, 4.69) is 40.8 Å². The highest BCUT2D eigenvalue weighted by Gasteiger charge is 2.66. The van der Waals surface area contributed by atoms with Crippen LogP contribution in [-0.2, 0) is 32.9 Å². The molecule has 1 saturated carbocycles. The fraction of sp³-hybridized carbons (Fsp3) is 0.897. The van der Waals surface area contributed by atoms with E-state index in [1.807, 2.05) is 6.92 Å². The molecule has 0 amide bonds. The normalized spacial score (nSPS) is 39.4. The van der Waals surface area contributed by atoms with Gasteiger partial charge in [-0.3, -0.25) is 4.79 Å². The van der Waals surface area contributed by atoms with Gasteiger partial charge in [-0.25, -0.2) is 0 Å². The summed E-state index contributed by atoms with van der Waals surface area (Å²) in [5, 5.41) is 0.0753. The summed E-state index contributed by atoms with van der Waals surface area (Å²) in [5.41, 5.74) is 2.73. The zero-order chi connectivity index (χ0) is 26.8. The number of carbonyl (C=O) groups excluding carboxylic acids is 1. The maximum Gasteiger partial charge on any atom is 0.311 e. The van der Waals surface area contributed by atoms with Gasteiger partial charge in [0.05, 0.1) is 38.4 Å². The van der Waals surface area contributed by atoms with E-state index in [-0.39, 0.29) is 47.3 Å². The van der Waals surface area contributed by atoms with Crippen LogP contribution in [0, 0.1) is 29.6 Å². The molecule has 7 nitrogen and oxygen atoms in total. The second-order valence-corrected chi connectivity index (χ2v) is 18.1. The van der Waals surface area contributed by atoms with Crippen LogP contribution in [0.1, 0.15) is 66.7 Å². The number of fused-ring (bicyclic) bond motifs is 3. The molecule has 2 saturated heterocycles. The molecule has 0 aromatic heterocycles. The molecule has 5 rings (SSSR count). The maximum atomic E-state index is 13.7. The van der Waals surface area contributed by atoms with Crippen LogP contribution in [0.25, 0.3) is 0 Å². The van der Waals surface area contributed by atoms with Gasteiger partial charge in [-0.05, 0) is 67.6 Å². The summed E-state index contributed by atoms with van der Waals surface area (Å²) >= 11 is 0. The predicted octanol–water partition coefficient (Wildman–Crippen LogP) is 5.44. The molecule has 0 N–H and O–H groups in total. The van der Waals surface area contributed by atoms with Gasteiger partial charge >= 0.3 is 5.97 Å². The molecule has 2 aliphatic heterocycles. The predicted molar refractivity (Wildman–Crippen MR) is 142 cm³/mol. The molecule has 210 valence electrons. The van der Waals surface area contributed by atoms with Crippen LogP contribution in [0.2, 0.25) is 18.1 Å². The van der Waals surface area contributed by atoms with Crippen molar-refractivity contribution in [2.45, 2.75) is 109 Å². The molecule has 0 radical (unpaired) electrons. The minimum absolute atomic E-state index is 0.00894. The van der Waals surface area contributed by atoms with Crippen molar-refractivity contribution in [1.82, 2.24) is 0 Å². The Kier molecular flexibility index (Phi) is 7.51. The molecule has 0 aromatic carbocycles. The van der Waals surface area contributed by atoms with Crippen molar-refractivity contribution in [2.24, 2.45) is 29.6 Å². The van der Waals surface area contributed by atoms with E-state index in [0.717, 1.165) is 25.7 Å². The van der Waals surface area contributed by atoms with Crippen LogP contribution in [-0.4, -0.2) is 65.5 Å². The van der Waals surface area contributed by atoms with Crippen LogP contribution in [0.4, 0.5) is 0 Å². The van der Waals surface area contributed by atoms with Crippen molar-refractivity contribution in [1.29, 1.82) is 0 Å². The van der Waals surface area contributed by atoms with Crippen LogP contribution in [0.15, 0.2) is 11.1 Å². The third kappa shape index (κ3) is 4.57. The molecule has 1 spiro atoms. The molecular formula is C29H48O7Si. The largest absolute Gasteiger partial charge is 0.469 e. The van der Waals surface area contributed by atoms with Crippen molar-refractivity contribution in [2.75, 3.05) is 26.9 Å². The van der Waals surface area contributed by atoms with Gasteiger partial charge in [0.1, 0.15) is 0 Å². The number of hydrogen-bond donors (Lipinski definition) is 0. The SMILES string of the molecule is CCO[C@@H]1C[C@@H]2CCCC3=C2[C@H](O1)[C@H](C(=O)OC)[C@H]1[C@H](C)[C@@H](O[Si](C)(C)C(C)(C)C)CC2(OCCO2)[C@H]31. The lowest BCUT2D eigenvalue weighted by Gasteiger charge is -2.60. The molecule has 0 bridgehead atoms. The topological polar surface area (TPSA) is 72.5 Å². The first kappa shape index (κ1) is 27.8. The average Bonchev–Trinajstić information content (AvgIpc) is 3.29. The minimum atomic E-state index is -2.09. The lowest BCUT2D eigenvalue weighted by molar-refractivity contribution is -0.269. The number of carbonyl (C=O) groups is 1. The van der Waals surface area contributed by atoms with Crippen molar-refractivity contribution in [3.05, 3.63) is 11.1 Å². The molecule has 8 atom stereocenters. The molecule has 5 aliphatic rings. The van der Waals surface area contributed by atoms with Gasteiger partial charge in [0.15, 0.2) is 20.4 Å². The smallest absolute Gasteiger partial charge is 0.311 e. The van der Waals surface area contributed by atoms with E-state index in [1.165, 1.54) is 18.3 Å². The van der Waals surface area contributed by atoms with Gasteiger partial charge in [-0.15, -0.1) is 0 Å². The molecular weight excluding hydrogens is 488 g/mol. The Morgan fingerprint density at radius 1 is 1.19 bits per heavy atom. The summed E-state index contributed by atoms with van der Waals surface area (Å²) in [4.78, 5) is 13.7. The first-order chi connectivity index (χ1) is 17.4. The highest BCUT2D eigenvalue weighted by molar-refractivity contribution is 6.74. The number of esters is 1. The number of ether oxygens (including phenoxy) is 5. The van der Waals surface area contributed by atoms with Gasteiger partial charge < -0.3 is 28.1 Å². The zero-order valence-corrected chi connectivity index (χ0v) is 25.1. The van der Waals surface area contributed by atoms with E-state index >= 15 is 0 Å². The summed E-state index contributed by atoms with van der Waals surface area (Å²) in [6.45, 7) is 17.4. The summed E-state index contributed by atoms with van der Waals surface area (Å²) in [7, 11) is -0.590. The Morgan fingerprint density at radius 2 is 1.89 bits per heavy atom. The fourth-order valence-electron chi connectivity index (χ4n) is 7.75. The molecule has 37 heavy (non-hydrogen) atoms. The molecule has 2 heterocycles. The maximum absolute atomic E-state index is 13.7. The average molecular weight is 537 g/mol. The Morgan fingerprint density at radius 3 is 2.51 bits per heavy atom. The summed E-state index contributed by atoms with van der Waals surface area (Å²) in [5.74, 6) is -0.979. The fourth-order valence-corrected chi connectivity index (χ4v) is 9.16. The quantitative estimate of drug-likeness (QED) is 0.263. The van der Waals surface area contributed by atoms with Crippen LogP contribution < -0.4 is 0 Å². The van der Waals surface area contributed by atoms with Crippen LogP contribution in [0.3, 0.4) is 0 Å². The van der Waals surface area contributed by atoms with Gasteiger partial charge in [0, 0.05) is 25.4 Å². The van der Waals surface area contributed by atoms with Crippen LogP contribution in [0.5, 0.6) is 0 Å². The van der Waals surface area contributed by atoms with Crippen molar-refractivity contribution >= 4 is 14.3 Å². The Balaban J connectivity index is 1.63. The first-order valence-corrected chi connectivity index (χ1v) is 17.4. The molecule has 3 fully saturated rings. The number of rotatable bonds is 5. The molecule has 0 unspecified atom stereocenters. The summed E-state index contributed by atoms with van der Waals surface area (Å²) < 4.78 is 38.4. The number of methoxy groups -OCH3 is 1. The minimum Gasteiger partial charge on any atom is -0.469 e. The second-order valence-electron chi connectivity index (χ2n) is 13.3. The molecule has 0 aromatic rings. The van der Waals surface area contributed by atoms with E-state index in [0.29, 0.717) is 32.2 Å². The Labute approximate surface area is 224 Å². The van der Waals surface area contributed by atoms with Crippen molar-refractivity contribution < 1.29 is 32.9 Å². The lowest BCUT2D eigenvalue weighted by atomic mass is 9.52. The summed E-state index contributed by atoms with van der Waals surface area (Å²) in [6.07, 6.45) is 4.10. The van der Waals surface area contributed by atoms with Gasteiger partial charge in [-0.1, -0.05) is 33.3 Å². The Hall–Kier alpha value is -0.773. The Bertz CT molecular complexity index is 902. The third-order valence-corrected chi connectivity index (χ3v) is 14.9. The van der Waals surface area contributed by atoms with Gasteiger partial charge in [-0.2, -0.15) is 0 Å². The highest BCUT2D eigenvalue weighted by Crippen LogP contribution is 2.62. The van der Waals surface area contributed by atoms with Crippen LogP contribution >= 0.6 is 0 Å². The van der Waals surface area contributed by atoms with Crippen molar-refractivity contribution in [3.63, 3.8) is 0 Å². The molecule has 3 aliphatic carbocycles. The van der Waals surface area contributed by atoms with Gasteiger partial charge in [0.25, 0.3) is 0 Å². The standard InChI is InChI=1S/C29H48O7Si/c1-9-32-21-15-18-11-10-12-19-23(18)26(35-21)24(27(30)31-6)22-17(2)20(36-37(7,8)28(3,4)5)16-29(25(19)22)33-13-14-34-29/h17-18,20-22,24-26H,9-16H2,1-8H3/t17-,18+,20+,21+,22-,24-,25-,26+/m1/s1. The van der Waals surface area contributed by atoms with Gasteiger partial charge in [0.2, 0.25) is 0 Å². The first-order valence-electron chi connectivity index (χ1n) is 14.5. The zero-order valence-electron chi connectivity index (χ0n) is 24.1. The second kappa shape index (κ2) is 10.0. The monoisotopic (exact) mass is 536 g/mol. The van der Waals surface area contributed by atoms with E-state index in [9.17, 15) is 4.79 Å². The van der Waals surface area contributed by atoms with E-state index < -0.39 is 20.0 Å². The summed E-state index contributed by atoms with van der Waals surface area (Å²) in [6, 6.07) is 0. The third-order valence-electron chi connectivity index (χ3n) is 10.4. The molecule has 8 heteroatoms. The van der Waals surface area contributed by atoms with E-state index in [4.69, 9.17) is 28.1 Å².